The molecule has 2 rings (SSSR count). The Morgan fingerprint density at radius 2 is 1.65 bits per heavy atom. The number of ether oxygens (including phenoxy) is 1. The normalized spacial score (nSPS) is 33.2. The summed E-state index contributed by atoms with van der Waals surface area (Å²) in [6.45, 7) is 19.3. The highest BCUT2D eigenvalue weighted by Crippen LogP contribution is 2.60. The fraction of sp³-hybridized carbons (Fsp3) is 0.656. The first-order valence-corrected chi connectivity index (χ1v) is 13.7. The Hall–Kier alpha value is -2.27. The standard InChI is InChI=1S/C32H48O5/c1-11-23(8)27(33)26-28(34)32(36)25(17-15-22(6)7)37-29(35)31(32,10)19-24(16-14-21(4)5)30(26,9)18-12-13-20(2)3/h13-15,17,23-24,26,36H,11-12,16,18-19H2,1-10H3/b25-17-/t23?,24-,26+,30+,31-,32+/m1/s1. The molecule has 0 spiro atoms. The molecule has 5 heteroatoms. The fourth-order valence-electron chi connectivity index (χ4n) is 5.89. The van der Waals surface area contributed by atoms with Crippen LogP contribution in [0.4, 0.5) is 0 Å². The number of fused-ring (bicyclic) bond motifs is 1. The molecule has 0 aromatic heterocycles. The van der Waals surface area contributed by atoms with Crippen LogP contribution in [0.15, 0.2) is 46.8 Å². The quantitative estimate of drug-likeness (QED) is 0.203. The van der Waals surface area contributed by atoms with Crippen molar-refractivity contribution in [2.24, 2.45) is 28.6 Å². The lowest BCUT2D eigenvalue weighted by atomic mass is 9.60. The highest BCUT2D eigenvalue weighted by atomic mass is 16.6. The van der Waals surface area contributed by atoms with Gasteiger partial charge >= 0.3 is 5.97 Å². The van der Waals surface area contributed by atoms with Crippen LogP contribution in [0.3, 0.4) is 0 Å². The van der Waals surface area contributed by atoms with Gasteiger partial charge in [-0.2, -0.15) is 0 Å². The number of allylic oxidation sites excluding steroid dienone is 7. The van der Waals surface area contributed by atoms with Crippen molar-refractivity contribution in [2.45, 2.75) is 107 Å². The molecule has 206 valence electrons. The second-order valence-electron chi connectivity index (χ2n) is 12.5. The topological polar surface area (TPSA) is 80.7 Å². The minimum Gasteiger partial charge on any atom is -0.427 e. The lowest BCUT2D eigenvalue weighted by molar-refractivity contribution is -0.158. The lowest BCUT2D eigenvalue weighted by Gasteiger charge is -2.42. The number of ketones is 2. The molecular formula is C32H48O5. The summed E-state index contributed by atoms with van der Waals surface area (Å²) in [5.41, 5.74) is -1.21. The average molecular weight is 513 g/mol. The molecule has 1 saturated carbocycles. The molecule has 1 unspecified atom stereocenters. The largest absolute Gasteiger partial charge is 0.427 e. The van der Waals surface area contributed by atoms with Gasteiger partial charge in [-0.3, -0.25) is 14.4 Å². The maximum Gasteiger partial charge on any atom is 0.320 e. The van der Waals surface area contributed by atoms with E-state index in [1.165, 1.54) is 11.6 Å². The zero-order valence-corrected chi connectivity index (χ0v) is 24.7. The molecule has 6 atom stereocenters. The predicted octanol–water partition coefficient (Wildman–Crippen LogP) is 7.06. The number of hydrogen-bond donors (Lipinski definition) is 1. The summed E-state index contributed by atoms with van der Waals surface area (Å²) in [7, 11) is 0. The van der Waals surface area contributed by atoms with E-state index >= 15 is 0 Å². The second-order valence-corrected chi connectivity index (χ2v) is 12.5. The number of hydrogen-bond acceptors (Lipinski definition) is 5. The van der Waals surface area contributed by atoms with E-state index in [1.54, 1.807) is 13.0 Å². The maximum atomic E-state index is 14.6. The third-order valence-corrected chi connectivity index (χ3v) is 8.67. The van der Waals surface area contributed by atoms with Gasteiger partial charge in [0, 0.05) is 5.92 Å². The summed E-state index contributed by atoms with van der Waals surface area (Å²) < 4.78 is 5.63. The summed E-state index contributed by atoms with van der Waals surface area (Å²) in [5, 5.41) is 12.3. The molecule has 37 heavy (non-hydrogen) atoms. The van der Waals surface area contributed by atoms with Crippen molar-refractivity contribution in [3.8, 4) is 0 Å². The van der Waals surface area contributed by atoms with E-state index < -0.39 is 34.1 Å². The zero-order chi connectivity index (χ0) is 28.3. The smallest absolute Gasteiger partial charge is 0.320 e. The lowest BCUT2D eigenvalue weighted by Crippen LogP contribution is -2.56. The van der Waals surface area contributed by atoms with E-state index in [2.05, 4.69) is 12.2 Å². The Balaban J connectivity index is 2.90. The molecule has 0 aromatic rings. The number of Topliss-reactive ketones (excluding diaryl/α,β-unsaturated/α-hetero) is 2. The summed E-state index contributed by atoms with van der Waals surface area (Å²) in [6.07, 6.45) is 10.3. The van der Waals surface area contributed by atoms with Gasteiger partial charge in [0.05, 0.1) is 5.92 Å². The van der Waals surface area contributed by atoms with E-state index in [-0.39, 0.29) is 29.8 Å². The van der Waals surface area contributed by atoms with Crippen LogP contribution in [0.5, 0.6) is 0 Å². The molecule has 1 heterocycles. The first-order chi connectivity index (χ1) is 17.1. The molecule has 1 aliphatic carbocycles. The zero-order valence-electron chi connectivity index (χ0n) is 24.7. The minimum atomic E-state index is -2.21. The molecule has 1 saturated heterocycles. The van der Waals surface area contributed by atoms with Gasteiger partial charge in [0.25, 0.3) is 0 Å². The van der Waals surface area contributed by atoms with Crippen LogP contribution >= 0.6 is 0 Å². The van der Waals surface area contributed by atoms with E-state index in [0.717, 1.165) is 11.1 Å². The van der Waals surface area contributed by atoms with Crippen LogP contribution < -0.4 is 0 Å². The Kier molecular flexibility index (Phi) is 9.73. The van der Waals surface area contributed by atoms with Crippen molar-refractivity contribution in [2.75, 3.05) is 0 Å². The van der Waals surface area contributed by atoms with Crippen LogP contribution in [-0.2, 0) is 19.1 Å². The third-order valence-electron chi connectivity index (χ3n) is 8.67. The van der Waals surface area contributed by atoms with Gasteiger partial charge < -0.3 is 9.84 Å². The molecule has 0 aromatic carbocycles. The molecule has 0 radical (unpaired) electrons. The Labute approximate surface area is 224 Å². The van der Waals surface area contributed by atoms with Crippen molar-refractivity contribution >= 4 is 17.5 Å². The number of cyclic esters (lactones) is 1. The van der Waals surface area contributed by atoms with E-state index in [4.69, 9.17) is 4.74 Å². The van der Waals surface area contributed by atoms with E-state index in [0.29, 0.717) is 25.7 Å². The second kappa shape index (κ2) is 11.6. The monoisotopic (exact) mass is 512 g/mol. The molecular weight excluding hydrogens is 464 g/mol. The summed E-state index contributed by atoms with van der Waals surface area (Å²) in [6, 6.07) is 0. The Morgan fingerprint density at radius 3 is 2.16 bits per heavy atom. The fourth-order valence-corrected chi connectivity index (χ4v) is 5.89. The van der Waals surface area contributed by atoms with E-state index in [1.807, 2.05) is 62.3 Å². The SMILES string of the molecule is CCC(C)C(=O)[C@H]1C(=O)[C@@]2(O)/C(=C/C=C(C)C)OC(=O)[C@@]2(C)C[C@@H](CC=C(C)C)[C@]1(C)CCC=C(C)C. The maximum absolute atomic E-state index is 14.6. The van der Waals surface area contributed by atoms with Gasteiger partial charge in [-0.15, -0.1) is 0 Å². The number of carbonyl (C=O) groups is 3. The predicted molar refractivity (Wildman–Crippen MR) is 149 cm³/mol. The Bertz CT molecular complexity index is 1030. The molecule has 2 aliphatic rings. The first kappa shape index (κ1) is 31.0. The van der Waals surface area contributed by atoms with Crippen molar-refractivity contribution in [1.29, 1.82) is 0 Å². The highest BCUT2D eigenvalue weighted by Gasteiger charge is 2.72. The number of carbonyl (C=O) groups excluding carboxylic acids is 3. The van der Waals surface area contributed by atoms with Gasteiger partial charge in [-0.1, -0.05) is 55.7 Å². The van der Waals surface area contributed by atoms with Gasteiger partial charge in [0.15, 0.2) is 11.4 Å². The summed E-state index contributed by atoms with van der Waals surface area (Å²) in [4.78, 5) is 42.1. The number of esters is 1. The molecule has 5 nitrogen and oxygen atoms in total. The molecule has 1 aliphatic heterocycles. The van der Waals surface area contributed by atoms with Gasteiger partial charge in [-0.25, -0.2) is 0 Å². The van der Waals surface area contributed by atoms with Crippen LogP contribution in [0.2, 0.25) is 0 Å². The number of rotatable bonds is 9. The van der Waals surface area contributed by atoms with E-state index in [9.17, 15) is 19.5 Å². The van der Waals surface area contributed by atoms with Crippen LogP contribution in [0, 0.1) is 28.6 Å². The van der Waals surface area contributed by atoms with Crippen LogP contribution in [0.25, 0.3) is 0 Å². The molecule has 2 fully saturated rings. The molecule has 0 bridgehead atoms. The Morgan fingerprint density at radius 1 is 1.05 bits per heavy atom. The number of aliphatic hydroxyl groups is 1. The van der Waals surface area contributed by atoms with Crippen LogP contribution in [-0.4, -0.2) is 28.2 Å². The third kappa shape index (κ3) is 5.77. The average Bonchev–Trinajstić information content (AvgIpc) is 2.97. The van der Waals surface area contributed by atoms with Gasteiger partial charge in [0.2, 0.25) is 0 Å². The van der Waals surface area contributed by atoms with Gasteiger partial charge in [-0.05, 0) is 98.0 Å². The van der Waals surface area contributed by atoms with Crippen molar-refractivity contribution < 1.29 is 24.2 Å². The van der Waals surface area contributed by atoms with Crippen molar-refractivity contribution in [1.82, 2.24) is 0 Å². The first-order valence-electron chi connectivity index (χ1n) is 13.7. The highest BCUT2D eigenvalue weighted by molar-refractivity contribution is 6.12. The van der Waals surface area contributed by atoms with Crippen LogP contribution in [0.1, 0.15) is 101 Å². The molecule has 1 N–H and O–H groups in total. The van der Waals surface area contributed by atoms with Gasteiger partial charge in [0.1, 0.15) is 17.0 Å². The summed E-state index contributed by atoms with van der Waals surface area (Å²) in [5.74, 6) is -3.03. The minimum absolute atomic E-state index is 0.0670. The van der Waals surface area contributed by atoms with Crippen molar-refractivity contribution in [3.63, 3.8) is 0 Å². The molecule has 0 amide bonds. The van der Waals surface area contributed by atoms with Crippen molar-refractivity contribution in [3.05, 3.63) is 46.8 Å². The summed E-state index contributed by atoms with van der Waals surface area (Å²) >= 11 is 0.